The number of unbranched alkanes of at least 4 members (excludes halogenated alkanes) is 3. The third-order valence-corrected chi connectivity index (χ3v) is 2.19. The van der Waals surface area contributed by atoms with Crippen LogP contribution < -0.4 is 0 Å². The predicted octanol–water partition coefficient (Wildman–Crippen LogP) is 3.94. The van der Waals surface area contributed by atoms with Gasteiger partial charge in [0.2, 0.25) is 0 Å². The zero-order chi connectivity index (χ0) is 9.94. The van der Waals surface area contributed by atoms with Crippen LogP contribution in [-0.4, -0.2) is 12.7 Å². The molecule has 0 bridgehead atoms. The summed E-state index contributed by atoms with van der Waals surface area (Å²) in [5.41, 5.74) is 0. The lowest BCUT2D eigenvalue weighted by Gasteiger charge is -2.06. The molecule has 0 amide bonds. The van der Waals surface area contributed by atoms with Crippen molar-refractivity contribution in [1.82, 2.24) is 0 Å². The molecule has 1 unspecified atom stereocenters. The van der Waals surface area contributed by atoms with Gasteiger partial charge in [0.15, 0.2) is 0 Å². The van der Waals surface area contributed by atoms with Gasteiger partial charge in [-0.15, -0.1) is 0 Å². The Bertz CT molecular complexity index is 118. The molecule has 0 saturated carbocycles. The first-order chi connectivity index (χ1) is 6.31. The Morgan fingerprint density at radius 2 is 1.92 bits per heavy atom. The molecular weight excluding hydrogens is 160 g/mol. The lowest BCUT2D eigenvalue weighted by atomic mass is 10.2. The SMILES string of the molecule is CCCCCC=CCOC(C)CC. The van der Waals surface area contributed by atoms with Crippen molar-refractivity contribution in [3.63, 3.8) is 0 Å². The fourth-order valence-electron chi connectivity index (χ4n) is 1.04. The van der Waals surface area contributed by atoms with Gasteiger partial charge in [-0.25, -0.2) is 0 Å². The van der Waals surface area contributed by atoms with E-state index in [0.717, 1.165) is 13.0 Å². The van der Waals surface area contributed by atoms with E-state index in [9.17, 15) is 0 Å². The van der Waals surface area contributed by atoms with Crippen LogP contribution in [0.5, 0.6) is 0 Å². The molecule has 0 radical (unpaired) electrons. The molecular formula is C12H24O. The van der Waals surface area contributed by atoms with Crippen molar-refractivity contribution >= 4 is 0 Å². The minimum absolute atomic E-state index is 0.403. The first-order valence-corrected chi connectivity index (χ1v) is 5.57. The second-order valence-electron chi connectivity index (χ2n) is 3.52. The van der Waals surface area contributed by atoms with Gasteiger partial charge < -0.3 is 4.74 Å². The largest absolute Gasteiger partial charge is 0.374 e. The maximum absolute atomic E-state index is 5.51. The predicted molar refractivity (Wildman–Crippen MR) is 59.0 cm³/mol. The van der Waals surface area contributed by atoms with Crippen LogP contribution in [0.4, 0.5) is 0 Å². The van der Waals surface area contributed by atoms with Crippen LogP contribution >= 0.6 is 0 Å². The molecule has 0 aliphatic rings. The maximum Gasteiger partial charge on any atom is 0.0651 e. The lowest BCUT2D eigenvalue weighted by molar-refractivity contribution is 0.0856. The summed E-state index contributed by atoms with van der Waals surface area (Å²) in [6.07, 6.45) is 11.0. The second kappa shape index (κ2) is 9.79. The first kappa shape index (κ1) is 12.7. The van der Waals surface area contributed by atoms with Gasteiger partial charge >= 0.3 is 0 Å². The first-order valence-electron chi connectivity index (χ1n) is 5.57. The van der Waals surface area contributed by atoms with Crippen LogP contribution in [0.2, 0.25) is 0 Å². The number of ether oxygens (including phenoxy) is 1. The van der Waals surface area contributed by atoms with E-state index in [4.69, 9.17) is 4.74 Å². The Morgan fingerprint density at radius 1 is 1.15 bits per heavy atom. The fourth-order valence-corrected chi connectivity index (χ4v) is 1.04. The lowest BCUT2D eigenvalue weighted by Crippen LogP contribution is -2.05. The summed E-state index contributed by atoms with van der Waals surface area (Å²) in [6, 6.07) is 0. The second-order valence-corrected chi connectivity index (χ2v) is 3.52. The molecule has 0 heterocycles. The summed E-state index contributed by atoms with van der Waals surface area (Å²) in [5.74, 6) is 0. The van der Waals surface area contributed by atoms with Crippen LogP contribution in [-0.2, 0) is 4.74 Å². The van der Waals surface area contributed by atoms with Crippen molar-refractivity contribution in [2.24, 2.45) is 0 Å². The topological polar surface area (TPSA) is 9.23 Å². The molecule has 0 fully saturated rings. The fraction of sp³-hybridized carbons (Fsp3) is 0.833. The molecule has 0 saturated heterocycles. The van der Waals surface area contributed by atoms with E-state index in [1.165, 1.54) is 25.7 Å². The molecule has 0 spiro atoms. The number of hydrogen-bond donors (Lipinski definition) is 0. The maximum atomic E-state index is 5.51. The van der Waals surface area contributed by atoms with Gasteiger partial charge in [0.05, 0.1) is 12.7 Å². The van der Waals surface area contributed by atoms with Crippen molar-refractivity contribution in [2.75, 3.05) is 6.61 Å². The average Bonchev–Trinajstić information content (AvgIpc) is 2.16. The molecule has 0 rings (SSSR count). The van der Waals surface area contributed by atoms with Gasteiger partial charge in [-0.3, -0.25) is 0 Å². The smallest absolute Gasteiger partial charge is 0.0651 e. The van der Waals surface area contributed by atoms with Gasteiger partial charge in [-0.1, -0.05) is 38.8 Å². The van der Waals surface area contributed by atoms with E-state index in [0.29, 0.717) is 6.10 Å². The molecule has 0 N–H and O–H groups in total. The van der Waals surface area contributed by atoms with Crippen LogP contribution in [0.1, 0.15) is 52.9 Å². The molecule has 1 atom stereocenters. The number of hydrogen-bond acceptors (Lipinski definition) is 1. The molecule has 13 heavy (non-hydrogen) atoms. The summed E-state index contributed by atoms with van der Waals surface area (Å²) < 4.78 is 5.51. The molecule has 0 aromatic carbocycles. The highest BCUT2D eigenvalue weighted by Gasteiger charge is 1.93. The van der Waals surface area contributed by atoms with E-state index < -0.39 is 0 Å². The minimum atomic E-state index is 0.403. The van der Waals surface area contributed by atoms with Crippen molar-refractivity contribution < 1.29 is 4.74 Å². The molecule has 0 aliphatic carbocycles. The highest BCUT2D eigenvalue weighted by molar-refractivity contribution is 4.81. The van der Waals surface area contributed by atoms with Crippen molar-refractivity contribution in [1.29, 1.82) is 0 Å². The summed E-state index contributed by atoms with van der Waals surface area (Å²) in [6.45, 7) is 7.28. The monoisotopic (exact) mass is 184 g/mol. The third-order valence-electron chi connectivity index (χ3n) is 2.19. The summed E-state index contributed by atoms with van der Waals surface area (Å²) in [5, 5.41) is 0. The van der Waals surface area contributed by atoms with Gasteiger partial charge in [0.25, 0.3) is 0 Å². The Morgan fingerprint density at radius 3 is 2.54 bits per heavy atom. The summed E-state index contributed by atoms with van der Waals surface area (Å²) >= 11 is 0. The van der Waals surface area contributed by atoms with E-state index in [1.807, 2.05) is 0 Å². The van der Waals surface area contributed by atoms with E-state index in [2.05, 4.69) is 32.9 Å². The van der Waals surface area contributed by atoms with Crippen LogP contribution in [0.25, 0.3) is 0 Å². The Balaban J connectivity index is 3.12. The van der Waals surface area contributed by atoms with Crippen LogP contribution in [0.15, 0.2) is 12.2 Å². The standard InChI is InChI=1S/C12H24O/c1-4-6-7-8-9-10-11-13-12(3)5-2/h9-10,12H,4-8,11H2,1-3H3. The number of rotatable bonds is 8. The highest BCUT2D eigenvalue weighted by Crippen LogP contribution is 2.00. The van der Waals surface area contributed by atoms with Crippen molar-refractivity contribution in [3.8, 4) is 0 Å². The zero-order valence-corrected chi connectivity index (χ0v) is 9.38. The Labute approximate surface area is 83.2 Å². The van der Waals surface area contributed by atoms with Crippen molar-refractivity contribution in [3.05, 3.63) is 12.2 Å². The van der Waals surface area contributed by atoms with Gasteiger partial charge in [-0.05, 0) is 26.2 Å². The van der Waals surface area contributed by atoms with E-state index in [1.54, 1.807) is 0 Å². The normalized spacial score (nSPS) is 13.8. The van der Waals surface area contributed by atoms with E-state index >= 15 is 0 Å². The zero-order valence-electron chi connectivity index (χ0n) is 9.38. The van der Waals surface area contributed by atoms with E-state index in [-0.39, 0.29) is 0 Å². The molecule has 1 nitrogen and oxygen atoms in total. The van der Waals surface area contributed by atoms with Crippen LogP contribution in [0, 0.1) is 0 Å². The molecule has 0 aliphatic heterocycles. The Kier molecular flexibility index (Phi) is 9.56. The van der Waals surface area contributed by atoms with Gasteiger partial charge in [0.1, 0.15) is 0 Å². The molecule has 78 valence electrons. The highest BCUT2D eigenvalue weighted by atomic mass is 16.5. The van der Waals surface area contributed by atoms with Gasteiger partial charge in [0, 0.05) is 0 Å². The average molecular weight is 184 g/mol. The quantitative estimate of drug-likeness (QED) is 0.410. The van der Waals surface area contributed by atoms with Crippen LogP contribution in [0.3, 0.4) is 0 Å². The number of allylic oxidation sites excluding steroid dienone is 1. The summed E-state index contributed by atoms with van der Waals surface area (Å²) in [7, 11) is 0. The molecule has 0 aromatic rings. The van der Waals surface area contributed by atoms with Gasteiger partial charge in [-0.2, -0.15) is 0 Å². The van der Waals surface area contributed by atoms with Crippen molar-refractivity contribution in [2.45, 2.75) is 59.0 Å². The Hall–Kier alpha value is -0.300. The minimum Gasteiger partial charge on any atom is -0.374 e. The summed E-state index contributed by atoms with van der Waals surface area (Å²) in [4.78, 5) is 0. The molecule has 1 heteroatoms. The molecule has 0 aromatic heterocycles. The third kappa shape index (κ3) is 9.62.